The largest absolute Gasteiger partial charge is 0.674 e. The van der Waals surface area contributed by atoms with E-state index >= 15 is 0 Å². The van der Waals surface area contributed by atoms with E-state index in [-0.39, 0.29) is 73.9 Å². The van der Waals surface area contributed by atoms with Crippen molar-refractivity contribution in [1.29, 1.82) is 0 Å². The Bertz CT molecular complexity index is 292. The quantitative estimate of drug-likeness (QED) is 0.408. The first kappa shape index (κ1) is 19.6. The topological polar surface area (TPSA) is 108 Å². The standard InChI is InChI=1S/C13H27N4O.Ac/c1-4-8(5-2)11(14)10-9(17-13(15)16)6-7(3)12(10)18;/h7-12,14,18H,4-6H2,1-3H3,(H4,15,16,17);/q-1;/t7-,9+,10+,11?,12+;/m0./s1. The molecule has 5 atom stereocenters. The van der Waals surface area contributed by atoms with Gasteiger partial charge in [-0.25, -0.2) is 4.99 Å². The van der Waals surface area contributed by atoms with E-state index in [1.54, 1.807) is 0 Å². The molecule has 0 aromatic carbocycles. The number of aliphatic imine (C=N–C) groups is 1. The maximum absolute atomic E-state index is 10.3. The molecule has 6 N–H and O–H groups in total. The van der Waals surface area contributed by atoms with E-state index < -0.39 is 6.10 Å². The summed E-state index contributed by atoms with van der Waals surface area (Å²) in [5.41, 5.74) is 19.3. The van der Waals surface area contributed by atoms with Gasteiger partial charge >= 0.3 is 0 Å². The zero-order chi connectivity index (χ0) is 13.9. The number of hydrogen-bond donors (Lipinski definition) is 3. The Kier molecular flexibility index (Phi) is 9.11. The predicted molar refractivity (Wildman–Crippen MR) is 75.1 cm³/mol. The molecule has 1 fully saturated rings. The van der Waals surface area contributed by atoms with Crippen LogP contribution in [0.1, 0.15) is 40.0 Å². The molecule has 0 heterocycles. The van der Waals surface area contributed by atoms with Crippen LogP contribution in [-0.4, -0.2) is 29.3 Å². The minimum absolute atomic E-state index is 0. The number of aliphatic hydroxyl groups is 1. The number of hydrogen-bond acceptors (Lipinski definition) is 2. The van der Waals surface area contributed by atoms with Crippen molar-refractivity contribution in [1.82, 2.24) is 0 Å². The number of guanidine groups is 1. The van der Waals surface area contributed by atoms with Crippen molar-refractivity contribution in [2.45, 2.75) is 58.2 Å². The van der Waals surface area contributed by atoms with E-state index in [0.717, 1.165) is 19.3 Å². The molecule has 0 amide bonds. The summed E-state index contributed by atoms with van der Waals surface area (Å²) in [6.45, 7) is 6.19. The van der Waals surface area contributed by atoms with Gasteiger partial charge < -0.3 is 22.3 Å². The average Bonchev–Trinajstić information content (AvgIpc) is 2.55. The second-order valence-corrected chi connectivity index (χ2v) is 5.50. The molecule has 0 aromatic heterocycles. The summed E-state index contributed by atoms with van der Waals surface area (Å²) in [4.78, 5) is 4.22. The van der Waals surface area contributed by atoms with Crippen molar-refractivity contribution in [2.24, 2.45) is 34.2 Å². The van der Waals surface area contributed by atoms with Crippen LogP contribution in [-0.2, 0) is 0 Å². The van der Waals surface area contributed by atoms with Crippen LogP contribution >= 0.6 is 0 Å². The maximum atomic E-state index is 10.3. The van der Waals surface area contributed by atoms with Crippen LogP contribution in [0.2, 0.25) is 0 Å². The molecular formula is C13H27AcN4O-. The molecule has 1 unspecified atom stereocenters. The number of nitrogens with one attached hydrogen (secondary N) is 1. The van der Waals surface area contributed by atoms with Crippen LogP contribution in [0.15, 0.2) is 4.99 Å². The van der Waals surface area contributed by atoms with E-state index in [9.17, 15) is 5.11 Å². The van der Waals surface area contributed by atoms with Gasteiger partial charge in [-0.1, -0.05) is 39.5 Å². The normalized spacial score (nSPS) is 31.9. The summed E-state index contributed by atoms with van der Waals surface area (Å²) >= 11 is 0. The summed E-state index contributed by atoms with van der Waals surface area (Å²) in [7, 11) is 0. The molecule has 1 aliphatic rings. The summed E-state index contributed by atoms with van der Waals surface area (Å²) < 4.78 is 0. The fourth-order valence-electron chi connectivity index (χ4n) is 3.18. The molecule has 1 saturated carbocycles. The van der Waals surface area contributed by atoms with Gasteiger partial charge in [-0.2, -0.15) is 0 Å². The van der Waals surface area contributed by atoms with Crippen molar-refractivity contribution in [3.05, 3.63) is 5.73 Å². The summed E-state index contributed by atoms with van der Waals surface area (Å²) in [5.74, 6) is 0.368. The molecule has 6 heteroatoms. The molecule has 0 aliphatic heterocycles. The van der Waals surface area contributed by atoms with Crippen LogP contribution in [0.25, 0.3) is 5.73 Å². The fourth-order valence-corrected chi connectivity index (χ4v) is 3.18. The minimum Gasteiger partial charge on any atom is -0.674 e. The number of nitrogens with two attached hydrogens (primary N) is 2. The van der Waals surface area contributed by atoms with Crippen molar-refractivity contribution in [3.63, 3.8) is 0 Å². The molecule has 0 spiro atoms. The molecule has 0 saturated heterocycles. The van der Waals surface area contributed by atoms with Gasteiger partial charge in [0.05, 0.1) is 12.1 Å². The first-order valence-electron chi connectivity index (χ1n) is 6.90. The fraction of sp³-hybridized carbons (Fsp3) is 0.923. The van der Waals surface area contributed by atoms with Crippen LogP contribution < -0.4 is 11.5 Å². The SMILES string of the molecule is CCC(CC)C([NH-])[C@@H]1[C@H](O)[C@@H](C)C[C@H]1N=C(N)N.[Ac]. The Labute approximate surface area is 152 Å². The zero-order valence-corrected chi connectivity index (χ0v) is 17.0. The third-order valence-corrected chi connectivity index (χ3v) is 4.32. The van der Waals surface area contributed by atoms with Crippen LogP contribution in [0.4, 0.5) is 0 Å². The Balaban J connectivity index is 0.00000324. The van der Waals surface area contributed by atoms with Crippen LogP contribution in [0, 0.1) is 61.8 Å². The Morgan fingerprint density at radius 1 is 1.37 bits per heavy atom. The molecule has 0 bridgehead atoms. The first-order chi connectivity index (χ1) is 8.42. The van der Waals surface area contributed by atoms with Gasteiger partial charge in [0.2, 0.25) is 0 Å². The third-order valence-electron chi connectivity index (χ3n) is 4.32. The van der Waals surface area contributed by atoms with Crippen molar-refractivity contribution in [2.75, 3.05) is 0 Å². The molecule has 109 valence electrons. The second kappa shape index (κ2) is 8.82. The van der Waals surface area contributed by atoms with Gasteiger partial charge in [-0.15, -0.1) is 6.04 Å². The van der Waals surface area contributed by atoms with E-state index in [4.69, 9.17) is 17.2 Å². The smallest absolute Gasteiger partial charge is 0.186 e. The van der Waals surface area contributed by atoms with Crippen LogP contribution in [0.5, 0.6) is 0 Å². The maximum Gasteiger partial charge on any atom is 0.186 e. The first-order valence-corrected chi connectivity index (χ1v) is 6.90. The van der Waals surface area contributed by atoms with E-state index in [1.165, 1.54) is 0 Å². The number of aliphatic hydroxyl groups excluding tert-OH is 1. The minimum atomic E-state index is -0.471. The average molecular weight is 482 g/mol. The Morgan fingerprint density at radius 3 is 2.32 bits per heavy atom. The molecular weight excluding hydrogens is 455 g/mol. The zero-order valence-electron chi connectivity index (χ0n) is 12.2. The van der Waals surface area contributed by atoms with Crippen LogP contribution in [0.3, 0.4) is 0 Å². The molecule has 1 radical (unpaired) electrons. The van der Waals surface area contributed by atoms with Gasteiger partial charge in [0.1, 0.15) is 0 Å². The monoisotopic (exact) mass is 482 g/mol. The van der Waals surface area contributed by atoms with Gasteiger partial charge in [0, 0.05) is 44.1 Å². The molecule has 5 nitrogen and oxygen atoms in total. The summed E-state index contributed by atoms with van der Waals surface area (Å²) in [6, 6.07) is -0.406. The molecule has 0 aromatic rings. The van der Waals surface area contributed by atoms with Crippen molar-refractivity contribution in [3.8, 4) is 0 Å². The molecule has 1 aliphatic carbocycles. The van der Waals surface area contributed by atoms with Gasteiger partial charge in [-0.3, -0.25) is 0 Å². The van der Waals surface area contributed by atoms with E-state index in [1.807, 2.05) is 6.92 Å². The summed E-state index contributed by atoms with van der Waals surface area (Å²) in [5, 5.41) is 10.3. The number of nitrogens with zero attached hydrogens (tertiary/aromatic N) is 1. The second-order valence-electron chi connectivity index (χ2n) is 5.50. The van der Waals surface area contributed by atoms with Gasteiger partial charge in [0.15, 0.2) is 5.96 Å². The van der Waals surface area contributed by atoms with E-state index in [2.05, 4.69) is 18.8 Å². The van der Waals surface area contributed by atoms with Gasteiger partial charge in [-0.05, 0) is 18.3 Å². The predicted octanol–water partition coefficient (Wildman–Crippen LogP) is 1.50. The van der Waals surface area contributed by atoms with Crippen molar-refractivity contribution >= 4 is 5.96 Å². The molecule has 1 rings (SSSR count). The Morgan fingerprint density at radius 2 is 1.89 bits per heavy atom. The van der Waals surface area contributed by atoms with Gasteiger partial charge in [0.25, 0.3) is 0 Å². The van der Waals surface area contributed by atoms with Crippen molar-refractivity contribution < 1.29 is 49.2 Å². The molecule has 19 heavy (non-hydrogen) atoms. The Hall–Kier alpha value is 0.632. The summed E-state index contributed by atoms with van der Waals surface area (Å²) in [6.07, 6.45) is 2.20. The third kappa shape index (κ3) is 4.84. The van der Waals surface area contributed by atoms with E-state index in [0.29, 0.717) is 5.92 Å². The number of rotatable bonds is 5.